The maximum Gasteiger partial charge on any atom is 0.222 e. The van der Waals surface area contributed by atoms with E-state index < -0.39 is 0 Å². The third kappa shape index (κ3) is 3.57. The average molecular weight is 196 g/mol. The predicted molar refractivity (Wildman–Crippen MR) is 53.5 cm³/mol. The largest absolute Gasteiger partial charge is 0.352 e. The number of amides is 1. The fraction of sp³-hybridized carbons (Fsp3) is 0.556. The molecule has 0 saturated heterocycles. The number of aromatic nitrogens is 2. The molecule has 1 rings (SSSR count). The van der Waals surface area contributed by atoms with Crippen LogP contribution in [0.1, 0.15) is 13.3 Å². The van der Waals surface area contributed by atoms with Gasteiger partial charge in [-0.25, -0.2) is 4.98 Å². The highest BCUT2D eigenvalue weighted by atomic mass is 16.1. The fourth-order valence-electron chi connectivity index (χ4n) is 1.06. The lowest BCUT2D eigenvalue weighted by Gasteiger charge is -2.10. The van der Waals surface area contributed by atoms with Crippen LogP contribution in [0.5, 0.6) is 0 Å². The van der Waals surface area contributed by atoms with E-state index in [1.807, 2.05) is 17.7 Å². The Balaban J connectivity index is 2.22. The van der Waals surface area contributed by atoms with Crippen LogP contribution < -0.4 is 11.1 Å². The van der Waals surface area contributed by atoms with E-state index in [1.54, 1.807) is 12.5 Å². The summed E-state index contributed by atoms with van der Waals surface area (Å²) in [5.74, 6) is 0.0247. The average Bonchev–Trinajstić information content (AvgIpc) is 2.67. The monoisotopic (exact) mass is 196 g/mol. The molecule has 1 amide bonds. The maximum atomic E-state index is 11.3. The maximum absolute atomic E-state index is 11.3. The third-order valence-corrected chi connectivity index (χ3v) is 1.92. The van der Waals surface area contributed by atoms with Crippen LogP contribution in [-0.2, 0) is 11.3 Å². The lowest BCUT2D eigenvalue weighted by atomic mass is 10.3. The molecule has 0 aliphatic rings. The number of rotatable bonds is 5. The highest BCUT2D eigenvalue weighted by Crippen LogP contribution is 1.91. The predicted octanol–water partition coefficient (Wildman–Crippen LogP) is -0.263. The van der Waals surface area contributed by atoms with Crippen molar-refractivity contribution in [1.29, 1.82) is 0 Å². The number of carbonyl (C=O) groups is 1. The van der Waals surface area contributed by atoms with Crippen LogP contribution in [0.15, 0.2) is 18.7 Å². The van der Waals surface area contributed by atoms with Gasteiger partial charge >= 0.3 is 0 Å². The molecule has 0 bridgehead atoms. The summed E-state index contributed by atoms with van der Waals surface area (Å²) in [7, 11) is 0. The normalized spacial score (nSPS) is 12.4. The van der Waals surface area contributed by atoms with E-state index >= 15 is 0 Å². The topological polar surface area (TPSA) is 72.9 Å². The molecule has 0 aliphatic carbocycles. The van der Waals surface area contributed by atoms with Crippen LogP contribution in [0.25, 0.3) is 0 Å². The number of nitrogens with zero attached hydrogens (tertiary/aromatic N) is 2. The van der Waals surface area contributed by atoms with Crippen molar-refractivity contribution in [2.24, 2.45) is 5.73 Å². The van der Waals surface area contributed by atoms with Crippen molar-refractivity contribution >= 4 is 5.91 Å². The molecule has 5 nitrogen and oxygen atoms in total. The zero-order valence-corrected chi connectivity index (χ0v) is 8.31. The van der Waals surface area contributed by atoms with E-state index in [2.05, 4.69) is 10.3 Å². The lowest BCUT2D eigenvalue weighted by molar-refractivity contribution is -0.121. The molecule has 0 saturated carbocycles. The minimum atomic E-state index is 0.0247. The summed E-state index contributed by atoms with van der Waals surface area (Å²) in [4.78, 5) is 15.2. The SMILES string of the molecule is C[C@H](CN)NC(=O)CCn1ccnc1. The van der Waals surface area contributed by atoms with Gasteiger partial charge in [0.2, 0.25) is 5.91 Å². The van der Waals surface area contributed by atoms with Crippen molar-refractivity contribution in [2.75, 3.05) is 6.54 Å². The van der Waals surface area contributed by atoms with Crippen LogP contribution in [0.3, 0.4) is 0 Å². The lowest BCUT2D eigenvalue weighted by Crippen LogP contribution is -2.38. The zero-order valence-electron chi connectivity index (χ0n) is 8.31. The van der Waals surface area contributed by atoms with E-state index in [0.29, 0.717) is 19.5 Å². The number of hydrogen-bond acceptors (Lipinski definition) is 3. The molecule has 78 valence electrons. The number of nitrogens with two attached hydrogens (primary N) is 1. The summed E-state index contributed by atoms with van der Waals surface area (Å²) in [6.45, 7) is 3.01. The molecule has 3 N–H and O–H groups in total. The van der Waals surface area contributed by atoms with Gasteiger partial charge in [0.15, 0.2) is 0 Å². The minimum absolute atomic E-state index is 0.0247. The minimum Gasteiger partial charge on any atom is -0.352 e. The van der Waals surface area contributed by atoms with Gasteiger partial charge in [0, 0.05) is 37.9 Å². The van der Waals surface area contributed by atoms with Crippen LogP contribution in [0.4, 0.5) is 0 Å². The standard InChI is InChI=1S/C9H16N4O/c1-8(6-10)12-9(14)2-4-13-5-3-11-7-13/h3,5,7-8H,2,4,6,10H2,1H3,(H,12,14)/t8-/m1/s1. The van der Waals surface area contributed by atoms with Crippen molar-refractivity contribution < 1.29 is 4.79 Å². The van der Waals surface area contributed by atoms with Gasteiger partial charge in [-0.2, -0.15) is 0 Å². The van der Waals surface area contributed by atoms with Gasteiger partial charge in [0.05, 0.1) is 6.33 Å². The van der Waals surface area contributed by atoms with E-state index in [4.69, 9.17) is 5.73 Å². The summed E-state index contributed by atoms with van der Waals surface area (Å²) < 4.78 is 1.87. The van der Waals surface area contributed by atoms with E-state index in [-0.39, 0.29) is 11.9 Å². The van der Waals surface area contributed by atoms with Crippen LogP contribution in [-0.4, -0.2) is 28.0 Å². The number of nitrogens with one attached hydrogen (secondary N) is 1. The molecule has 1 aromatic heterocycles. The Morgan fingerprint density at radius 3 is 3.07 bits per heavy atom. The van der Waals surface area contributed by atoms with Gasteiger partial charge in [-0.3, -0.25) is 4.79 Å². The first-order chi connectivity index (χ1) is 6.72. The molecule has 0 fully saturated rings. The zero-order chi connectivity index (χ0) is 10.4. The summed E-state index contributed by atoms with van der Waals surface area (Å²) in [5.41, 5.74) is 5.38. The van der Waals surface area contributed by atoms with Gasteiger partial charge in [0.1, 0.15) is 0 Å². The summed E-state index contributed by atoms with van der Waals surface area (Å²) >= 11 is 0. The quantitative estimate of drug-likeness (QED) is 0.681. The Kier molecular flexibility index (Phi) is 4.12. The van der Waals surface area contributed by atoms with Crippen LogP contribution in [0, 0.1) is 0 Å². The number of carbonyl (C=O) groups excluding carboxylic acids is 1. The molecule has 1 heterocycles. The van der Waals surface area contributed by atoms with Crippen molar-refractivity contribution in [1.82, 2.24) is 14.9 Å². The summed E-state index contributed by atoms with van der Waals surface area (Å²) in [6.07, 6.45) is 5.68. The Bertz CT molecular complexity index is 270. The molecule has 14 heavy (non-hydrogen) atoms. The number of imidazole rings is 1. The Morgan fingerprint density at radius 1 is 1.71 bits per heavy atom. The van der Waals surface area contributed by atoms with Gasteiger partial charge in [-0.05, 0) is 6.92 Å². The Morgan fingerprint density at radius 2 is 2.50 bits per heavy atom. The number of aryl methyl sites for hydroxylation is 1. The Hall–Kier alpha value is -1.36. The molecule has 5 heteroatoms. The summed E-state index contributed by atoms with van der Waals surface area (Å²) in [5, 5.41) is 2.79. The van der Waals surface area contributed by atoms with Crippen molar-refractivity contribution in [2.45, 2.75) is 25.9 Å². The van der Waals surface area contributed by atoms with E-state index in [0.717, 1.165) is 0 Å². The highest BCUT2D eigenvalue weighted by Gasteiger charge is 2.04. The molecular formula is C9H16N4O. The van der Waals surface area contributed by atoms with Crippen molar-refractivity contribution in [3.63, 3.8) is 0 Å². The van der Waals surface area contributed by atoms with Gasteiger partial charge in [-0.15, -0.1) is 0 Å². The molecule has 0 aromatic carbocycles. The molecule has 1 atom stereocenters. The first kappa shape index (κ1) is 10.7. The van der Waals surface area contributed by atoms with Crippen LogP contribution >= 0.6 is 0 Å². The van der Waals surface area contributed by atoms with Crippen molar-refractivity contribution in [3.05, 3.63) is 18.7 Å². The Labute approximate surface area is 83.3 Å². The first-order valence-electron chi connectivity index (χ1n) is 4.67. The van der Waals surface area contributed by atoms with Crippen molar-refractivity contribution in [3.8, 4) is 0 Å². The molecule has 0 aliphatic heterocycles. The first-order valence-corrected chi connectivity index (χ1v) is 4.67. The summed E-state index contributed by atoms with van der Waals surface area (Å²) in [6, 6.07) is 0.0466. The molecule has 1 aromatic rings. The van der Waals surface area contributed by atoms with E-state index in [1.165, 1.54) is 0 Å². The second-order valence-electron chi connectivity index (χ2n) is 3.25. The fourth-order valence-corrected chi connectivity index (χ4v) is 1.06. The van der Waals surface area contributed by atoms with Gasteiger partial charge in [0.25, 0.3) is 0 Å². The molecule has 0 spiro atoms. The molecule has 0 unspecified atom stereocenters. The number of hydrogen-bond donors (Lipinski definition) is 2. The second kappa shape index (κ2) is 5.39. The van der Waals surface area contributed by atoms with Crippen LogP contribution in [0.2, 0.25) is 0 Å². The smallest absolute Gasteiger partial charge is 0.222 e. The molecular weight excluding hydrogens is 180 g/mol. The van der Waals surface area contributed by atoms with E-state index in [9.17, 15) is 4.79 Å². The second-order valence-corrected chi connectivity index (χ2v) is 3.25. The molecule has 0 radical (unpaired) electrons. The van der Waals surface area contributed by atoms with Gasteiger partial charge in [-0.1, -0.05) is 0 Å². The third-order valence-electron chi connectivity index (χ3n) is 1.92. The van der Waals surface area contributed by atoms with Gasteiger partial charge < -0.3 is 15.6 Å². The highest BCUT2D eigenvalue weighted by molar-refractivity contribution is 5.76.